The molecule has 0 spiro atoms. The number of ketones is 1. The molecule has 0 radical (unpaired) electrons. The summed E-state index contributed by atoms with van der Waals surface area (Å²) < 4.78 is 0. The molecule has 0 aliphatic heterocycles. The van der Waals surface area contributed by atoms with Crippen LogP contribution in [0.3, 0.4) is 0 Å². The number of carbonyl (C=O) groups excluding carboxylic acids is 1. The third-order valence-electron chi connectivity index (χ3n) is 2.84. The lowest BCUT2D eigenvalue weighted by molar-refractivity contribution is 0.101. The summed E-state index contributed by atoms with van der Waals surface area (Å²) in [5, 5.41) is 9.76. The number of Topliss-reactive ketones (excluding diaryl/α,β-unsaturated/α-hetero) is 1. The third-order valence-corrected chi connectivity index (χ3v) is 2.84. The zero-order chi connectivity index (χ0) is 12.7. The molecule has 0 bridgehead atoms. The number of hydrogen-bond donors (Lipinski definition) is 1. The van der Waals surface area contributed by atoms with E-state index in [1.807, 2.05) is 24.3 Å². The number of phenolic OH excluding ortho intramolecular Hbond substituents is 1. The van der Waals surface area contributed by atoms with E-state index in [4.69, 9.17) is 0 Å². The van der Waals surface area contributed by atoms with Crippen LogP contribution in [0.5, 0.6) is 5.75 Å². The van der Waals surface area contributed by atoms with Crippen molar-refractivity contribution in [3.05, 3.63) is 42.0 Å². The minimum Gasteiger partial charge on any atom is -0.507 e. The average molecular weight is 238 g/mol. The summed E-state index contributed by atoms with van der Waals surface area (Å²) in [6, 6.07) is 10.6. The van der Waals surface area contributed by atoms with Gasteiger partial charge in [-0.05, 0) is 31.2 Å². The van der Waals surface area contributed by atoms with E-state index in [9.17, 15) is 9.90 Å². The maximum Gasteiger partial charge on any atom is 0.165 e. The molecule has 0 atom stereocenters. The predicted octanol–water partition coefficient (Wildman–Crippen LogP) is 2.69. The molecule has 3 aromatic rings. The summed E-state index contributed by atoms with van der Waals surface area (Å²) in [5.74, 6) is -0.276. The maximum absolute atomic E-state index is 11.6. The van der Waals surface area contributed by atoms with Crippen molar-refractivity contribution in [3.63, 3.8) is 0 Å². The van der Waals surface area contributed by atoms with Crippen LogP contribution in [0.1, 0.15) is 17.3 Å². The van der Waals surface area contributed by atoms with Gasteiger partial charge < -0.3 is 5.11 Å². The smallest absolute Gasteiger partial charge is 0.165 e. The third kappa shape index (κ3) is 1.50. The second-order valence-electron chi connectivity index (χ2n) is 4.10. The lowest BCUT2D eigenvalue weighted by atomic mass is 10.1. The molecule has 2 aromatic carbocycles. The normalized spacial score (nSPS) is 10.9. The van der Waals surface area contributed by atoms with E-state index in [1.165, 1.54) is 13.0 Å². The summed E-state index contributed by atoms with van der Waals surface area (Å²) in [6.45, 7) is 1.41. The average Bonchev–Trinajstić information content (AvgIpc) is 2.36. The largest absolute Gasteiger partial charge is 0.507 e. The SMILES string of the molecule is CC(=O)c1c(O)ccc2nc3ccccc3nc12. The van der Waals surface area contributed by atoms with Gasteiger partial charge in [0, 0.05) is 0 Å². The molecular weight excluding hydrogens is 228 g/mol. The number of nitrogens with zero attached hydrogens (tertiary/aromatic N) is 2. The highest BCUT2D eigenvalue weighted by Gasteiger charge is 2.14. The number of aromatic hydroxyl groups is 1. The van der Waals surface area contributed by atoms with Crippen LogP contribution in [0.2, 0.25) is 0 Å². The van der Waals surface area contributed by atoms with Gasteiger partial charge in [0.25, 0.3) is 0 Å². The Morgan fingerprint density at radius 2 is 1.67 bits per heavy atom. The fourth-order valence-electron chi connectivity index (χ4n) is 2.02. The number of carbonyl (C=O) groups is 1. The van der Waals surface area contributed by atoms with E-state index in [1.54, 1.807) is 6.07 Å². The van der Waals surface area contributed by atoms with Crippen LogP contribution in [0.25, 0.3) is 22.1 Å². The Balaban J connectivity index is 2.50. The molecule has 0 aliphatic carbocycles. The molecular formula is C14H10N2O2. The number of hydrogen-bond acceptors (Lipinski definition) is 4. The molecule has 0 fully saturated rings. The Morgan fingerprint density at radius 3 is 2.33 bits per heavy atom. The molecule has 18 heavy (non-hydrogen) atoms. The molecule has 0 saturated heterocycles. The van der Waals surface area contributed by atoms with Crippen molar-refractivity contribution in [2.75, 3.05) is 0 Å². The van der Waals surface area contributed by atoms with E-state index < -0.39 is 0 Å². The second kappa shape index (κ2) is 3.77. The fourth-order valence-corrected chi connectivity index (χ4v) is 2.02. The van der Waals surface area contributed by atoms with Gasteiger partial charge in [0.05, 0.1) is 22.1 Å². The van der Waals surface area contributed by atoms with E-state index in [-0.39, 0.29) is 17.1 Å². The summed E-state index contributed by atoms with van der Waals surface area (Å²) in [6.07, 6.45) is 0. The zero-order valence-corrected chi connectivity index (χ0v) is 9.71. The van der Waals surface area contributed by atoms with Crippen molar-refractivity contribution >= 4 is 27.9 Å². The van der Waals surface area contributed by atoms with Crippen molar-refractivity contribution in [1.29, 1.82) is 0 Å². The zero-order valence-electron chi connectivity index (χ0n) is 9.71. The Kier molecular flexibility index (Phi) is 2.23. The molecule has 88 valence electrons. The number of fused-ring (bicyclic) bond motifs is 2. The highest BCUT2D eigenvalue weighted by molar-refractivity contribution is 6.08. The first kappa shape index (κ1) is 10.7. The van der Waals surface area contributed by atoms with Crippen LogP contribution in [0, 0.1) is 0 Å². The van der Waals surface area contributed by atoms with Crippen molar-refractivity contribution in [2.24, 2.45) is 0 Å². The second-order valence-corrected chi connectivity index (χ2v) is 4.10. The van der Waals surface area contributed by atoms with Gasteiger partial charge in [-0.25, -0.2) is 9.97 Å². The quantitative estimate of drug-likeness (QED) is 0.523. The molecule has 3 rings (SSSR count). The maximum atomic E-state index is 11.6. The number of para-hydroxylation sites is 2. The predicted molar refractivity (Wildman–Crippen MR) is 68.7 cm³/mol. The van der Waals surface area contributed by atoms with E-state index >= 15 is 0 Å². The van der Waals surface area contributed by atoms with Crippen molar-refractivity contribution in [1.82, 2.24) is 9.97 Å². The van der Waals surface area contributed by atoms with Gasteiger partial charge in [-0.15, -0.1) is 0 Å². The van der Waals surface area contributed by atoms with Gasteiger partial charge in [-0.1, -0.05) is 12.1 Å². The minimum atomic E-state index is -0.220. The first-order valence-electron chi connectivity index (χ1n) is 5.56. The molecule has 0 amide bonds. The van der Waals surface area contributed by atoms with Crippen LogP contribution in [-0.4, -0.2) is 20.9 Å². The summed E-state index contributed by atoms with van der Waals surface area (Å²) in [4.78, 5) is 20.4. The highest BCUT2D eigenvalue weighted by Crippen LogP contribution is 2.26. The summed E-state index contributed by atoms with van der Waals surface area (Å²) in [5.41, 5.74) is 2.76. The van der Waals surface area contributed by atoms with Crippen molar-refractivity contribution < 1.29 is 9.90 Å². The minimum absolute atomic E-state index is 0.0559. The Bertz CT molecular complexity index is 781. The Hall–Kier alpha value is -2.49. The Morgan fingerprint density at radius 1 is 1.00 bits per heavy atom. The van der Waals surface area contributed by atoms with Gasteiger partial charge in [0.2, 0.25) is 0 Å². The number of phenols is 1. The number of aromatic nitrogens is 2. The van der Waals surface area contributed by atoms with Gasteiger partial charge >= 0.3 is 0 Å². The van der Waals surface area contributed by atoms with Crippen LogP contribution in [-0.2, 0) is 0 Å². The molecule has 1 heterocycles. The first-order chi connectivity index (χ1) is 8.66. The molecule has 0 aliphatic rings. The van der Waals surface area contributed by atoms with Crippen LogP contribution in [0.4, 0.5) is 0 Å². The van der Waals surface area contributed by atoms with E-state index in [0.29, 0.717) is 16.6 Å². The van der Waals surface area contributed by atoms with E-state index in [0.717, 1.165) is 5.52 Å². The highest BCUT2D eigenvalue weighted by atomic mass is 16.3. The molecule has 1 aromatic heterocycles. The first-order valence-corrected chi connectivity index (χ1v) is 5.56. The topological polar surface area (TPSA) is 63.1 Å². The van der Waals surface area contributed by atoms with Gasteiger partial charge in [-0.2, -0.15) is 0 Å². The van der Waals surface area contributed by atoms with Gasteiger partial charge in [0.15, 0.2) is 5.78 Å². The lowest BCUT2D eigenvalue weighted by Gasteiger charge is -2.06. The standard InChI is InChI=1S/C14H10N2O2/c1-8(17)13-12(18)7-6-11-14(13)16-10-5-3-2-4-9(10)15-11/h2-7,18H,1H3. The van der Waals surface area contributed by atoms with Gasteiger partial charge in [0.1, 0.15) is 11.3 Å². The lowest BCUT2D eigenvalue weighted by Crippen LogP contribution is -1.98. The molecule has 0 saturated carbocycles. The molecule has 0 unspecified atom stereocenters. The fraction of sp³-hybridized carbons (Fsp3) is 0.0714. The van der Waals surface area contributed by atoms with Crippen LogP contribution >= 0.6 is 0 Å². The number of rotatable bonds is 1. The summed E-state index contributed by atoms with van der Waals surface area (Å²) >= 11 is 0. The number of benzene rings is 2. The molecule has 4 nitrogen and oxygen atoms in total. The molecule has 1 N–H and O–H groups in total. The van der Waals surface area contributed by atoms with Crippen LogP contribution in [0.15, 0.2) is 36.4 Å². The monoisotopic (exact) mass is 238 g/mol. The summed E-state index contributed by atoms with van der Waals surface area (Å²) in [7, 11) is 0. The van der Waals surface area contributed by atoms with Gasteiger partial charge in [-0.3, -0.25) is 4.79 Å². The van der Waals surface area contributed by atoms with Crippen LogP contribution < -0.4 is 0 Å². The van der Waals surface area contributed by atoms with Crippen molar-refractivity contribution in [2.45, 2.75) is 6.92 Å². The van der Waals surface area contributed by atoms with Crippen molar-refractivity contribution in [3.8, 4) is 5.75 Å². The van der Waals surface area contributed by atoms with E-state index in [2.05, 4.69) is 9.97 Å². The Labute approximate surface area is 103 Å². The molecule has 4 heteroatoms.